The van der Waals surface area contributed by atoms with E-state index in [1.807, 2.05) is 0 Å². The quantitative estimate of drug-likeness (QED) is 0.394. The fourth-order valence-electron chi connectivity index (χ4n) is 4.17. The molecule has 8 nitrogen and oxygen atoms in total. The third-order valence-electron chi connectivity index (χ3n) is 6.29. The summed E-state index contributed by atoms with van der Waals surface area (Å²) in [5.74, 6) is 0.362. The van der Waals surface area contributed by atoms with Gasteiger partial charge in [-0.3, -0.25) is 14.5 Å². The highest BCUT2D eigenvalue weighted by molar-refractivity contribution is 5.96. The Kier molecular flexibility index (Phi) is 9.29. The third-order valence-corrected chi connectivity index (χ3v) is 6.29. The summed E-state index contributed by atoms with van der Waals surface area (Å²) >= 11 is 0. The van der Waals surface area contributed by atoms with Crippen molar-refractivity contribution in [1.29, 1.82) is 0 Å². The molecule has 2 aromatic carbocycles. The summed E-state index contributed by atoms with van der Waals surface area (Å²) in [6, 6.07) is 16.5. The minimum absolute atomic E-state index is 0.109. The van der Waals surface area contributed by atoms with E-state index < -0.39 is 0 Å². The summed E-state index contributed by atoms with van der Waals surface area (Å²) in [5.41, 5.74) is 1.23. The average molecular weight is 510 g/mol. The zero-order valence-electron chi connectivity index (χ0n) is 21.0. The molecule has 0 spiro atoms. The highest BCUT2D eigenvalue weighted by Crippen LogP contribution is 2.17. The van der Waals surface area contributed by atoms with E-state index in [1.165, 1.54) is 12.1 Å². The maximum absolute atomic E-state index is 13.6. The van der Waals surface area contributed by atoms with Gasteiger partial charge in [-0.2, -0.15) is 0 Å². The SMILES string of the molecule is COc1cccc(C(=O)N(CCN2CCOCC2)CC(=O)N(Cc2ccc(F)cc2)Cc2ccco2)c1. The van der Waals surface area contributed by atoms with Crippen molar-refractivity contribution in [3.8, 4) is 5.75 Å². The number of halogens is 1. The summed E-state index contributed by atoms with van der Waals surface area (Å²) in [5, 5.41) is 0. The van der Waals surface area contributed by atoms with E-state index in [2.05, 4.69) is 4.90 Å². The molecule has 1 aromatic heterocycles. The van der Waals surface area contributed by atoms with Crippen LogP contribution in [0.1, 0.15) is 21.7 Å². The van der Waals surface area contributed by atoms with Gasteiger partial charge in [0.2, 0.25) is 5.91 Å². The van der Waals surface area contributed by atoms with Crippen molar-refractivity contribution in [3.05, 3.63) is 89.6 Å². The van der Waals surface area contributed by atoms with Crippen molar-refractivity contribution in [3.63, 3.8) is 0 Å². The van der Waals surface area contributed by atoms with Gasteiger partial charge in [0.05, 0.1) is 33.1 Å². The van der Waals surface area contributed by atoms with Gasteiger partial charge in [0.15, 0.2) is 0 Å². The Bertz CT molecular complexity index is 1150. The Labute approximate surface area is 216 Å². The lowest BCUT2D eigenvalue weighted by Gasteiger charge is -2.31. The number of nitrogens with zero attached hydrogens (tertiary/aromatic N) is 3. The van der Waals surface area contributed by atoms with E-state index in [1.54, 1.807) is 71.7 Å². The number of carbonyl (C=O) groups excluding carboxylic acids is 2. The predicted octanol–water partition coefficient (Wildman–Crippen LogP) is 3.43. The van der Waals surface area contributed by atoms with Crippen LogP contribution in [0.25, 0.3) is 0 Å². The van der Waals surface area contributed by atoms with Gasteiger partial charge in [-0.1, -0.05) is 18.2 Å². The molecule has 0 atom stereocenters. The zero-order chi connectivity index (χ0) is 26.0. The molecule has 1 aliphatic rings. The number of rotatable bonds is 11. The average Bonchev–Trinajstić information content (AvgIpc) is 3.45. The number of ether oxygens (including phenoxy) is 2. The number of morpholine rings is 1. The smallest absolute Gasteiger partial charge is 0.254 e. The maximum atomic E-state index is 13.6. The fourth-order valence-corrected chi connectivity index (χ4v) is 4.17. The predicted molar refractivity (Wildman–Crippen MR) is 136 cm³/mol. The number of furan rings is 1. The molecule has 0 N–H and O–H groups in total. The van der Waals surface area contributed by atoms with Crippen LogP contribution in [0.4, 0.5) is 4.39 Å². The van der Waals surface area contributed by atoms with Crippen LogP contribution < -0.4 is 4.74 Å². The van der Waals surface area contributed by atoms with Crippen molar-refractivity contribution in [1.82, 2.24) is 14.7 Å². The number of carbonyl (C=O) groups is 2. The zero-order valence-corrected chi connectivity index (χ0v) is 21.0. The Morgan fingerprint density at radius 1 is 1.00 bits per heavy atom. The second-order valence-electron chi connectivity index (χ2n) is 8.87. The van der Waals surface area contributed by atoms with Gasteiger partial charge in [-0.15, -0.1) is 0 Å². The lowest BCUT2D eigenvalue weighted by Crippen LogP contribution is -2.47. The molecule has 1 fully saturated rings. The minimum Gasteiger partial charge on any atom is -0.497 e. The number of methoxy groups -OCH3 is 1. The molecule has 3 aromatic rings. The Balaban J connectivity index is 1.53. The number of hydrogen-bond acceptors (Lipinski definition) is 6. The molecule has 0 bridgehead atoms. The van der Waals surface area contributed by atoms with Crippen molar-refractivity contribution < 1.29 is 27.9 Å². The van der Waals surface area contributed by atoms with Crippen molar-refractivity contribution in [2.75, 3.05) is 53.0 Å². The van der Waals surface area contributed by atoms with Gasteiger partial charge in [0.1, 0.15) is 23.9 Å². The molecular weight excluding hydrogens is 477 g/mol. The van der Waals surface area contributed by atoms with E-state index >= 15 is 0 Å². The molecule has 196 valence electrons. The van der Waals surface area contributed by atoms with Crippen molar-refractivity contribution in [2.24, 2.45) is 0 Å². The maximum Gasteiger partial charge on any atom is 0.254 e. The van der Waals surface area contributed by atoms with Crippen LogP contribution in [0, 0.1) is 5.82 Å². The first kappa shape index (κ1) is 26.4. The molecule has 0 unspecified atom stereocenters. The molecule has 0 saturated carbocycles. The van der Waals surface area contributed by atoms with Gasteiger partial charge in [-0.05, 0) is 48.0 Å². The Morgan fingerprint density at radius 2 is 1.78 bits per heavy atom. The first-order valence-electron chi connectivity index (χ1n) is 12.3. The van der Waals surface area contributed by atoms with Crippen LogP contribution in [0.5, 0.6) is 5.75 Å². The first-order valence-corrected chi connectivity index (χ1v) is 12.3. The van der Waals surface area contributed by atoms with Gasteiger partial charge < -0.3 is 23.7 Å². The summed E-state index contributed by atoms with van der Waals surface area (Å²) < 4.78 is 29.6. The van der Waals surface area contributed by atoms with Crippen LogP contribution in [-0.4, -0.2) is 79.6 Å². The third kappa shape index (κ3) is 7.65. The molecule has 0 aliphatic carbocycles. The van der Waals surface area contributed by atoms with E-state index in [4.69, 9.17) is 13.9 Å². The molecule has 37 heavy (non-hydrogen) atoms. The van der Waals surface area contributed by atoms with E-state index in [9.17, 15) is 14.0 Å². The highest BCUT2D eigenvalue weighted by atomic mass is 19.1. The van der Waals surface area contributed by atoms with E-state index in [0.717, 1.165) is 18.7 Å². The van der Waals surface area contributed by atoms with Gasteiger partial charge in [0.25, 0.3) is 5.91 Å². The number of hydrogen-bond donors (Lipinski definition) is 0. The van der Waals surface area contributed by atoms with Crippen LogP contribution in [0.15, 0.2) is 71.3 Å². The standard InChI is InChI=1S/C28H32FN3O5/c1-35-25-5-2-4-23(18-25)28(34)31(12-11-30-13-16-36-17-14-30)21-27(33)32(20-26-6-3-15-37-26)19-22-7-9-24(29)10-8-22/h2-10,15,18H,11-14,16-17,19-21H2,1H3. The summed E-state index contributed by atoms with van der Waals surface area (Å²) in [6.07, 6.45) is 1.55. The fraction of sp³-hybridized carbons (Fsp3) is 0.357. The topological polar surface area (TPSA) is 75.5 Å². The van der Waals surface area contributed by atoms with Crippen LogP contribution >= 0.6 is 0 Å². The molecule has 2 amide bonds. The molecule has 0 radical (unpaired) electrons. The minimum atomic E-state index is -0.342. The van der Waals surface area contributed by atoms with Crippen molar-refractivity contribution >= 4 is 11.8 Å². The second-order valence-corrected chi connectivity index (χ2v) is 8.87. The Morgan fingerprint density at radius 3 is 2.49 bits per heavy atom. The Hall–Kier alpha value is -3.69. The van der Waals surface area contributed by atoms with Crippen LogP contribution in [0.2, 0.25) is 0 Å². The van der Waals surface area contributed by atoms with Crippen LogP contribution in [0.3, 0.4) is 0 Å². The van der Waals surface area contributed by atoms with E-state index in [-0.39, 0.29) is 37.3 Å². The molecule has 2 heterocycles. The highest BCUT2D eigenvalue weighted by Gasteiger charge is 2.25. The normalized spacial score (nSPS) is 13.8. The number of amides is 2. The molecule has 9 heteroatoms. The largest absolute Gasteiger partial charge is 0.497 e. The summed E-state index contributed by atoms with van der Waals surface area (Å²) in [6.45, 7) is 4.25. The lowest BCUT2D eigenvalue weighted by molar-refractivity contribution is -0.133. The van der Waals surface area contributed by atoms with Gasteiger partial charge in [-0.25, -0.2) is 4.39 Å². The summed E-state index contributed by atoms with van der Waals surface area (Å²) in [7, 11) is 1.55. The molecule has 1 saturated heterocycles. The first-order chi connectivity index (χ1) is 18.0. The van der Waals surface area contributed by atoms with Crippen LogP contribution in [-0.2, 0) is 22.6 Å². The van der Waals surface area contributed by atoms with Gasteiger partial charge >= 0.3 is 0 Å². The second kappa shape index (κ2) is 13.0. The van der Waals surface area contributed by atoms with E-state index in [0.29, 0.717) is 43.4 Å². The molecule has 1 aliphatic heterocycles. The molecular formula is C28H32FN3O5. The molecule has 4 rings (SSSR count). The summed E-state index contributed by atoms with van der Waals surface area (Å²) in [4.78, 5) is 32.6. The number of benzene rings is 2. The van der Waals surface area contributed by atoms with Crippen molar-refractivity contribution in [2.45, 2.75) is 13.1 Å². The van der Waals surface area contributed by atoms with Gasteiger partial charge in [0, 0.05) is 38.3 Å². The lowest BCUT2D eigenvalue weighted by atomic mass is 10.1. The monoisotopic (exact) mass is 509 g/mol.